The van der Waals surface area contributed by atoms with E-state index >= 15 is 0 Å². The lowest BCUT2D eigenvalue weighted by Gasteiger charge is -2.31. The van der Waals surface area contributed by atoms with Crippen LogP contribution < -0.4 is 0 Å². The fraction of sp³-hybridized carbons (Fsp3) is 0.929. The first-order valence-electron chi connectivity index (χ1n) is 7.16. The van der Waals surface area contributed by atoms with E-state index in [1.165, 1.54) is 25.7 Å². The van der Waals surface area contributed by atoms with Gasteiger partial charge in [-0.3, -0.25) is 4.79 Å². The Balaban J connectivity index is 1.54. The summed E-state index contributed by atoms with van der Waals surface area (Å²) in [6, 6.07) is 0. The Kier molecular flexibility index (Phi) is 3.34. The summed E-state index contributed by atoms with van der Waals surface area (Å²) in [7, 11) is 0. The van der Waals surface area contributed by atoms with Gasteiger partial charge in [-0.15, -0.1) is 11.6 Å². The number of carbonyl (C=O) groups excluding carboxylic acids is 1. The molecule has 1 saturated heterocycles. The Morgan fingerprint density at radius 3 is 2.18 bits per heavy atom. The fourth-order valence-electron chi connectivity index (χ4n) is 3.88. The quantitative estimate of drug-likeness (QED) is 0.695. The zero-order chi connectivity index (χ0) is 11.8. The average Bonchev–Trinajstić information content (AvgIpc) is 3.12. The molecule has 1 aliphatic heterocycles. The minimum atomic E-state index is 0.407. The molecule has 3 aliphatic rings. The van der Waals surface area contributed by atoms with Crippen molar-refractivity contribution in [3.8, 4) is 0 Å². The zero-order valence-electron chi connectivity index (χ0n) is 10.4. The maximum absolute atomic E-state index is 12.4. The van der Waals surface area contributed by atoms with Gasteiger partial charge < -0.3 is 4.90 Å². The van der Waals surface area contributed by atoms with Crippen LogP contribution in [0.25, 0.3) is 0 Å². The highest BCUT2D eigenvalue weighted by atomic mass is 35.5. The second-order valence-electron chi connectivity index (χ2n) is 6.06. The molecule has 2 unspecified atom stereocenters. The Hall–Kier alpha value is -0.240. The molecule has 3 fully saturated rings. The molecule has 2 atom stereocenters. The highest BCUT2D eigenvalue weighted by Crippen LogP contribution is 2.56. The van der Waals surface area contributed by atoms with Crippen molar-refractivity contribution in [2.45, 2.75) is 38.5 Å². The summed E-state index contributed by atoms with van der Waals surface area (Å²) >= 11 is 5.88. The molecule has 3 heteroatoms. The number of likely N-dealkylation sites (tertiary alicyclic amines) is 1. The minimum Gasteiger partial charge on any atom is -0.342 e. The SMILES string of the molecule is O=C(C1C2CCCCC21)N1CCC(CCl)CC1. The van der Waals surface area contributed by atoms with Crippen LogP contribution >= 0.6 is 11.6 Å². The van der Waals surface area contributed by atoms with Gasteiger partial charge in [-0.05, 0) is 43.4 Å². The van der Waals surface area contributed by atoms with Gasteiger partial charge >= 0.3 is 0 Å². The van der Waals surface area contributed by atoms with Crippen LogP contribution in [0.1, 0.15) is 38.5 Å². The van der Waals surface area contributed by atoms with Crippen molar-refractivity contribution in [3.63, 3.8) is 0 Å². The number of carbonyl (C=O) groups is 1. The van der Waals surface area contributed by atoms with E-state index in [1.54, 1.807) is 0 Å². The minimum absolute atomic E-state index is 0.407. The van der Waals surface area contributed by atoms with Gasteiger partial charge in [0.2, 0.25) is 5.91 Å². The number of halogens is 1. The standard InChI is InChI=1S/C14H22ClNO/c15-9-10-5-7-16(8-6-10)14(17)13-11-3-1-2-4-12(11)13/h10-13H,1-9H2. The van der Waals surface area contributed by atoms with Crippen LogP contribution in [0, 0.1) is 23.7 Å². The number of piperidine rings is 1. The molecule has 0 spiro atoms. The smallest absolute Gasteiger partial charge is 0.226 e. The Morgan fingerprint density at radius 1 is 1.06 bits per heavy atom. The van der Waals surface area contributed by atoms with Crippen molar-refractivity contribution in [2.24, 2.45) is 23.7 Å². The van der Waals surface area contributed by atoms with Gasteiger partial charge in [0.1, 0.15) is 0 Å². The number of fused-ring (bicyclic) bond motifs is 1. The van der Waals surface area contributed by atoms with Crippen molar-refractivity contribution in [3.05, 3.63) is 0 Å². The number of hydrogen-bond acceptors (Lipinski definition) is 1. The molecule has 96 valence electrons. The number of amides is 1. The van der Waals surface area contributed by atoms with Crippen LogP contribution in [0.2, 0.25) is 0 Å². The topological polar surface area (TPSA) is 20.3 Å². The molecule has 1 heterocycles. The van der Waals surface area contributed by atoms with E-state index in [-0.39, 0.29) is 0 Å². The molecule has 17 heavy (non-hydrogen) atoms. The lowest BCUT2D eigenvalue weighted by Crippen LogP contribution is -2.40. The monoisotopic (exact) mass is 255 g/mol. The number of rotatable bonds is 2. The maximum Gasteiger partial charge on any atom is 0.226 e. The van der Waals surface area contributed by atoms with Crippen molar-refractivity contribution in [1.29, 1.82) is 0 Å². The van der Waals surface area contributed by atoms with E-state index in [1.807, 2.05) is 0 Å². The molecule has 3 rings (SSSR count). The largest absolute Gasteiger partial charge is 0.342 e. The predicted molar refractivity (Wildman–Crippen MR) is 69.0 cm³/mol. The van der Waals surface area contributed by atoms with Crippen LogP contribution in [0.5, 0.6) is 0 Å². The van der Waals surface area contributed by atoms with Gasteiger partial charge in [-0.2, -0.15) is 0 Å². The molecule has 1 amide bonds. The van der Waals surface area contributed by atoms with E-state index in [0.717, 1.165) is 43.6 Å². The molecule has 0 radical (unpaired) electrons. The van der Waals surface area contributed by atoms with Gasteiger partial charge in [0, 0.05) is 24.9 Å². The summed E-state index contributed by atoms with van der Waals surface area (Å²) in [5.41, 5.74) is 0. The molecular weight excluding hydrogens is 234 g/mol. The summed E-state index contributed by atoms with van der Waals surface area (Å²) in [6.07, 6.45) is 7.52. The molecular formula is C14H22ClNO. The average molecular weight is 256 g/mol. The molecule has 0 N–H and O–H groups in total. The number of nitrogens with zero attached hydrogens (tertiary/aromatic N) is 1. The third kappa shape index (κ3) is 2.21. The Morgan fingerprint density at radius 2 is 1.65 bits per heavy atom. The van der Waals surface area contributed by atoms with Gasteiger partial charge in [0.15, 0.2) is 0 Å². The van der Waals surface area contributed by atoms with Crippen LogP contribution in [0.4, 0.5) is 0 Å². The molecule has 0 aromatic carbocycles. The van der Waals surface area contributed by atoms with Crippen molar-refractivity contribution < 1.29 is 4.79 Å². The number of hydrogen-bond donors (Lipinski definition) is 0. The second-order valence-corrected chi connectivity index (χ2v) is 6.37. The van der Waals surface area contributed by atoms with Crippen molar-refractivity contribution in [2.75, 3.05) is 19.0 Å². The molecule has 0 aromatic heterocycles. The van der Waals surface area contributed by atoms with E-state index in [2.05, 4.69) is 4.90 Å². The molecule has 2 nitrogen and oxygen atoms in total. The first-order chi connectivity index (χ1) is 8.31. The fourth-order valence-corrected chi connectivity index (χ4v) is 4.19. The Labute approximate surface area is 109 Å². The summed E-state index contributed by atoms with van der Waals surface area (Å²) < 4.78 is 0. The van der Waals surface area contributed by atoms with Crippen LogP contribution in [-0.2, 0) is 4.79 Å². The third-order valence-electron chi connectivity index (χ3n) is 5.09. The van der Waals surface area contributed by atoms with E-state index in [0.29, 0.717) is 17.7 Å². The van der Waals surface area contributed by atoms with E-state index < -0.39 is 0 Å². The predicted octanol–water partition coefficient (Wildman–Crippen LogP) is 2.90. The maximum atomic E-state index is 12.4. The van der Waals surface area contributed by atoms with E-state index in [4.69, 9.17) is 11.6 Å². The highest BCUT2D eigenvalue weighted by molar-refractivity contribution is 6.18. The zero-order valence-corrected chi connectivity index (χ0v) is 11.2. The van der Waals surface area contributed by atoms with Gasteiger partial charge in [0.25, 0.3) is 0 Å². The lowest BCUT2D eigenvalue weighted by molar-refractivity contribution is -0.134. The van der Waals surface area contributed by atoms with Crippen molar-refractivity contribution in [1.82, 2.24) is 4.90 Å². The first-order valence-corrected chi connectivity index (χ1v) is 7.69. The third-order valence-corrected chi connectivity index (χ3v) is 5.52. The molecule has 0 aromatic rings. The van der Waals surface area contributed by atoms with Gasteiger partial charge in [-0.1, -0.05) is 12.8 Å². The van der Waals surface area contributed by atoms with Crippen molar-refractivity contribution >= 4 is 17.5 Å². The summed E-state index contributed by atoms with van der Waals surface area (Å²) in [4.78, 5) is 14.5. The lowest BCUT2D eigenvalue weighted by atomic mass is 9.98. The van der Waals surface area contributed by atoms with Crippen LogP contribution in [0.15, 0.2) is 0 Å². The van der Waals surface area contributed by atoms with Gasteiger partial charge in [-0.25, -0.2) is 0 Å². The normalized spacial score (nSPS) is 37.7. The summed E-state index contributed by atoms with van der Waals surface area (Å²) in [5.74, 6) is 3.78. The Bertz CT molecular complexity index is 287. The van der Waals surface area contributed by atoms with Gasteiger partial charge in [0.05, 0.1) is 0 Å². The van der Waals surface area contributed by atoms with E-state index in [9.17, 15) is 4.79 Å². The summed E-state index contributed by atoms with van der Waals surface area (Å²) in [6.45, 7) is 1.90. The highest BCUT2D eigenvalue weighted by Gasteiger charge is 2.55. The molecule has 2 aliphatic carbocycles. The number of alkyl halides is 1. The second kappa shape index (κ2) is 4.79. The first kappa shape index (κ1) is 11.8. The molecule has 2 saturated carbocycles. The molecule has 0 bridgehead atoms. The van der Waals surface area contributed by atoms with Crippen LogP contribution in [-0.4, -0.2) is 29.8 Å². The summed E-state index contributed by atoms with van der Waals surface area (Å²) in [5, 5.41) is 0. The van der Waals surface area contributed by atoms with Crippen LogP contribution in [0.3, 0.4) is 0 Å².